The molecule has 1 saturated heterocycles. The third-order valence-corrected chi connectivity index (χ3v) is 3.12. The lowest BCUT2D eigenvalue weighted by molar-refractivity contribution is 0.0964. The summed E-state index contributed by atoms with van der Waals surface area (Å²) < 4.78 is 0. The van der Waals surface area contributed by atoms with Gasteiger partial charge in [0.25, 0.3) is 0 Å². The first-order chi connectivity index (χ1) is 7.53. The van der Waals surface area contributed by atoms with Gasteiger partial charge in [-0.1, -0.05) is 13.8 Å². The van der Waals surface area contributed by atoms with Crippen molar-refractivity contribution in [2.75, 3.05) is 18.0 Å². The molecule has 1 aromatic rings. The quantitative estimate of drug-likeness (QED) is 0.766. The molecular formula is C12H15N3O. The van der Waals surface area contributed by atoms with E-state index in [0.29, 0.717) is 12.2 Å². The first-order valence-electron chi connectivity index (χ1n) is 5.32. The van der Waals surface area contributed by atoms with Crippen LogP contribution < -0.4 is 4.90 Å². The van der Waals surface area contributed by atoms with Crippen molar-refractivity contribution in [2.45, 2.75) is 20.0 Å². The maximum absolute atomic E-state index is 9.88. The topological polar surface area (TPSA) is 60.2 Å². The van der Waals surface area contributed by atoms with Crippen LogP contribution >= 0.6 is 0 Å². The molecule has 1 N–H and O–H groups in total. The number of rotatable bonds is 1. The van der Waals surface area contributed by atoms with Crippen LogP contribution in [-0.2, 0) is 0 Å². The first-order valence-corrected chi connectivity index (χ1v) is 5.32. The number of β-amino-alcohol motifs (C(OH)–C–C–N with tert-alkyl or cyclic N) is 1. The Morgan fingerprint density at radius 2 is 2.31 bits per heavy atom. The zero-order valence-electron chi connectivity index (χ0n) is 9.51. The molecule has 2 heterocycles. The fourth-order valence-electron chi connectivity index (χ4n) is 1.95. The molecule has 1 unspecified atom stereocenters. The van der Waals surface area contributed by atoms with Crippen LogP contribution in [-0.4, -0.2) is 29.3 Å². The Morgan fingerprint density at radius 3 is 2.75 bits per heavy atom. The van der Waals surface area contributed by atoms with Crippen LogP contribution in [0.25, 0.3) is 0 Å². The van der Waals surface area contributed by atoms with Crippen molar-refractivity contribution >= 4 is 5.69 Å². The van der Waals surface area contributed by atoms with Gasteiger partial charge in [-0.15, -0.1) is 0 Å². The Kier molecular flexibility index (Phi) is 2.56. The largest absolute Gasteiger partial charge is 0.391 e. The summed E-state index contributed by atoms with van der Waals surface area (Å²) >= 11 is 0. The number of aliphatic hydroxyl groups is 1. The van der Waals surface area contributed by atoms with Crippen molar-refractivity contribution in [1.82, 2.24) is 4.98 Å². The molecule has 0 radical (unpaired) electrons. The van der Waals surface area contributed by atoms with Crippen LogP contribution in [0.2, 0.25) is 0 Å². The van der Waals surface area contributed by atoms with Crippen molar-refractivity contribution in [2.24, 2.45) is 5.41 Å². The molecule has 4 heteroatoms. The zero-order valence-corrected chi connectivity index (χ0v) is 9.51. The lowest BCUT2D eigenvalue weighted by Crippen LogP contribution is -2.26. The second-order valence-corrected chi connectivity index (χ2v) is 4.90. The van der Waals surface area contributed by atoms with Crippen molar-refractivity contribution in [3.63, 3.8) is 0 Å². The molecule has 0 bridgehead atoms. The van der Waals surface area contributed by atoms with Gasteiger partial charge in [-0.25, -0.2) is 4.98 Å². The molecule has 1 aromatic heterocycles. The predicted molar refractivity (Wildman–Crippen MR) is 61.0 cm³/mol. The Morgan fingerprint density at radius 1 is 1.56 bits per heavy atom. The second kappa shape index (κ2) is 3.76. The summed E-state index contributed by atoms with van der Waals surface area (Å²) in [4.78, 5) is 6.13. The van der Waals surface area contributed by atoms with Gasteiger partial charge in [0, 0.05) is 18.5 Å². The maximum atomic E-state index is 9.88. The standard InChI is InChI=1S/C12H15N3O/c1-12(2)8-15(7-11(12)16)10-4-3-9(5-13)14-6-10/h3-4,6,11,16H,7-8H2,1-2H3. The molecule has 2 rings (SSSR count). The molecule has 0 saturated carbocycles. The molecule has 0 aromatic carbocycles. The van der Waals surface area contributed by atoms with Gasteiger partial charge in [-0.2, -0.15) is 5.26 Å². The van der Waals surface area contributed by atoms with Crippen molar-refractivity contribution < 1.29 is 5.11 Å². The van der Waals surface area contributed by atoms with Gasteiger partial charge in [-0.3, -0.25) is 0 Å². The minimum absolute atomic E-state index is 0.0894. The van der Waals surface area contributed by atoms with Crippen LogP contribution in [0.15, 0.2) is 18.3 Å². The SMILES string of the molecule is CC1(C)CN(c2ccc(C#N)nc2)CC1O. The van der Waals surface area contributed by atoms with E-state index in [4.69, 9.17) is 5.26 Å². The van der Waals surface area contributed by atoms with E-state index in [1.807, 2.05) is 12.1 Å². The van der Waals surface area contributed by atoms with Gasteiger partial charge >= 0.3 is 0 Å². The maximum Gasteiger partial charge on any atom is 0.140 e. The molecule has 1 fully saturated rings. The third-order valence-electron chi connectivity index (χ3n) is 3.12. The number of hydrogen-bond acceptors (Lipinski definition) is 4. The summed E-state index contributed by atoms with van der Waals surface area (Å²) in [7, 11) is 0. The number of aromatic nitrogens is 1. The minimum atomic E-state index is -0.317. The zero-order chi connectivity index (χ0) is 11.8. The predicted octanol–water partition coefficient (Wildman–Crippen LogP) is 1.16. The van der Waals surface area contributed by atoms with Crippen LogP contribution in [0.3, 0.4) is 0 Å². The molecule has 0 amide bonds. The molecule has 1 aliphatic heterocycles. The van der Waals surface area contributed by atoms with E-state index < -0.39 is 0 Å². The van der Waals surface area contributed by atoms with E-state index in [2.05, 4.69) is 23.7 Å². The molecule has 0 spiro atoms. The van der Waals surface area contributed by atoms with Crippen molar-refractivity contribution in [1.29, 1.82) is 5.26 Å². The highest BCUT2D eigenvalue weighted by molar-refractivity contribution is 5.47. The van der Waals surface area contributed by atoms with Crippen LogP contribution in [0.5, 0.6) is 0 Å². The molecule has 1 aliphatic rings. The Labute approximate surface area is 95.1 Å². The summed E-state index contributed by atoms with van der Waals surface area (Å²) in [5, 5.41) is 18.5. The molecule has 16 heavy (non-hydrogen) atoms. The normalized spacial score (nSPS) is 23.1. The molecule has 4 nitrogen and oxygen atoms in total. The van der Waals surface area contributed by atoms with E-state index in [0.717, 1.165) is 12.2 Å². The average Bonchev–Trinajstić information content (AvgIpc) is 2.54. The van der Waals surface area contributed by atoms with Gasteiger partial charge < -0.3 is 10.0 Å². The van der Waals surface area contributed by atoms with Gasteiger partial charge in [-0.05, 0) is 12.1 Å². The fraction of sp³-hybridized carbons (Fsp3) is 0.500. The lowest BCUT2D eigenvalue weighted by atomic mass is 9.90. The van der Waals surface area contributed by atoms with E-state index >= 15 is 0 Å². The number of pyridine rings is 1. The van der Waals surface area contributed by atoms with E-state index in [9.17, 15) is 5.11 Å². The number of anilines is 1. The summed E-state index contributed by atoms with van der Waals surface area (Å²) in [6, 6.07) is 5.57. The van der Waals surface area contributed by atoms with Crippen LogP contribution in [0.1, 0.15) is 19.5 Å². The highest BCUT2D eigenvalue weighted by Gasteiger charge is 2.38. The Hall–Kier alpha value is -1.60. The van der Waals surface area contributed by atoms with E-state index in [-0.39, 0.29) is 11.5 Å². The average molecular weight is 217 g/mol. The molecular weight excluding hydrogens is 202 g/mol. The number of nitriles is 1. The summed E-state index contributed by atoms with van der Waals surface area (Å²) in [5.74, 6) is 0. The van der Waals surface area contributed by atoms with Gasteiger partial charge in [0.1, 0.15) is 11.8 Å². The molecule has 1 atom stereocenters. The van der Waals surface area contributed by atoms with E-state index in [1.165, 1.54) is 0 Å². The number of hydrogen-bond donors (Lipinski definition) is 1. The Balaban J connectivity index is 2.18. The van der Waals surface area contributed by atoms with Gasteiger partial charge in [0.05, 0.1) is 18.0 Å². The van der Waals surface area contributed by atoms with Crippen molar-refractivity contribution in [3.05, 3.63) is 24.0 Å². The Bertz CT molecular complexity index is 419. The monoisotopic (exact) mass is 217 g/mol. The number of nitrogens with zero attached hydrogens (tertiary/aromatic N) is 3. The highest BCUT2D eigenvalue weighted by Crippen LogP contribution is 2.32. The lowest BCUT2D eigenvalue weighted by Gasteiger charge is -2.21. The van der Waals surface area contributed by atoms with Gasteiger partial charge in [0.2, 0.25) is 0 Å². The molecule has 0 aliphatic carbocycles. The van der Waals surface area contributed by atoms with Crippen LogP contribution in [0, 0.1) is 16.7 Å². The summed E-state index contributed by atoms with van der Waals surface area (Å²) in [6.45, 7) is 5.53. The highest BCUT2D eigenvalue weighted by atomic mass is 16.3. The fourth-order valence-corrected chi connectivity index (χ4v) is 1.95. The first kappa shape index (κ1) is 10.9. The molecule has 84 valence electrons. The minimum Gasteiger partial charge on any atom is -0.391 e. The van der Waals surface area contributed by atoms with Crippen LogP contribution in [0.4, 0.5) is 5.69 Å². The van der Waals surface area contributed by atoms with Crippen molar-refractivity contribution in [3.8, 4) is 6.07 Å². The van der Waals surface area contributed by atoms with Gasteiger partial charge in [0.15, 0.2) is 0 Å². The smallest absolute Gasteiger partial charge is 0.140 e. The summed E-state index contributed by atoms with van der Waals surface area (Å²) in [5.41, 5.74) is 1.29. The van der Waals surface area contributed by atoms with E-state index in [1.54, 1.807) is 12.3 Å². The number of aliphatic hydroxyl groups excluding tert-OH is 1. The summed E-state index contributed by atoms with van der Waals surface area (Å²) in [6.07, 6.45) is 1.37. The second-order valence-electron chi connectivity index (χ2n) is 4.90. The third kappa shape index (κ3) is 1.86.